The van der Waals surface area contributed by atoms with Gasteiger partial charge in [-0.25, -0.2) is 5.43 Å². The second kappa shape index (κ2) is 10.00. The summed E-state index contributed by atoms with van der Waals surface area (Å²) >= 11 is 1.61. The minimum Gasteiger partial charge on any atom is -0.267 e. The number of nitrogens with one attached hydrogen (secondary N) is 1. The van der Waals surface area contributed by atoms with E-state index in [1.165, 1.54) is 10.4 Å². The zero-order valence-electron chi connectivity index (χ0n) is 17.4. The summed E-state index contributed by atoms with van der Waals surface area (Å²) in [7, 11) is 0. The zero-order chi connectivity index (χ0) is 21.5. The molecule has 0 aliphatic carbocycles. The summed E-state index contributed by atoms with van der Waals surface area (Å²) in [5.41, 5.74) is 7.14. The Kier molecular flexibility index (Phi) is 6.69. The summed E-state index contributed by atoms with van der Waals surface area (Å²) in [5.74, 6) is -0.201. The summed E-state index contributed by atoms with van der Waals surface area (Å²) < 4.78 is 1.90. The highest BCUT2D eigenvalue weighted by Crippen LogP contribution is 2.21. The Morgan fingerprint density at radius 3 is 2.61 bits per heavy atom. The van der Waals surface area contributed by atoms with E-state index in [1.54, 1.807) is 17.6 Å². The van der Waals surface area contributed by atoms with Gasteiger partial charge >= 0.3 is 0 Å². The smallest absolute Gasteiger partial charge is 0.267 e. The zero-order valence-corrected chi connectivity index (χ0v) is 18.2. The second-order valence-corrected chi connectivity index (χ2v) is 8.23. The van der Waals surface area contributed by atoms with Gasteiger partial charge in [0.25, 0.3) is 5.91 Å². The monoisotopic (exact) mass is 428 g/mol. The van der Waals surface area contributed by atoms with Crippen LogP contribution in [0.5, 0.6) is 0 Å². The lowest BCUT2D eigenvalue weighted by Gasteiger charge is -2.01. The quantitative estimate of drug-likeness (QED) is 0.303. The summed E-state index contributed by atoms with van der Waals surface area (Å²) in [6.45, 7) is 2.79. The van der Waals surface area contributed by atoms with Crippen molar-refractivity contribution in [3.8, 4) is 11.3 Å². The number of hydrogen-bond donors (Lipinski definition) is 1. The average molecular weight is 429 g/mol. The fraction of sp³-hybridized carbons (Fsp3) is 0.160. The third kappa shape index (κ3) is 5.35. The summed E-state index contributed by atoms with van der Waals surface area (Å²) in [6, 6.07) is 22.1. The van der Waals surface area contributed by atoms with Crippen LogP contribution >= 0.6 is 11.3 Å². The third-order valence-corrected chi connectivity index (χ3v) is 5.80. The van der Waals surface area contributed by atoms with Crippen LogP contribution in [-0.2, 0) is 13.0 Å². The van der Waals surface area contributed by atoms with Crippen molar-refractivity contribution in [1.82, 2.24) is 15.2 Å². The number of hydrazone groups is 1. The van der Waals surface area contributed by atoms with E-state index in [9.17, 15) is 4.79 Å². The van der Waals surface area contributed by atoms with Gasteiger partial charge in [-0.15, -0.1) is 11.3 Å². The molecular formula is C25H24N4OS. The van der Waals surface area contributed by atoms with Gasteiger partial charge in [-0.05, 0) is 18.1 Å². The van der Waals surface area contributed by atoms with Crippen LogP contribution in [0.4, 0.5) is 0 Å². The summed E-state index contributed by atoms with van der Waals surface area (Å²) in [4.78, 5) is 13.6. The molecule has 0 saturated carbocycles. The molecule has 4 aromatic rings. The van der Waals surface area contributed by atoms with Crippen LogP contribution in [0.2, 0.25) is 0 Å². The topological polar surface area (TPSA) is 59.3 Å². The first-order valence-electron chi connectivity index (χ1n) is 10.3. The highest BCUT2D eigenvalue weighted by molar-refractivity contribution is 7.10. The van der Waals surface area contributed by atoms with Crippen LogP contribution < -0.4 is 5.43 Å². The molecule has 0 atom stereocenters. The standard InChI is InChI=1S/C25H24N4OS/c1-2-9-23-14-21(18-31-23)25(30)27-26-15-22-17-29(16-19-10-5-3-6-11-19)28-24(22)20-12-7-4-8-13-20/h3-8,10-15,17-18H,2,9,16H2,1H3,(H,27,30). The lowest BCUT2D eigenvalue weighted by molar-refractivity contribution is 0.0955. The first kappa shape index (κ1) is 20.8. The normalized spacial score (nSPS) is 11.1. The molecule has 0 fully saturated rings. The number of nitrogens with zero attached hydrogens (tertiary/aromatic N) is 3. The predicted octanol–water partition coefficient (Wildman–Crippen LogP) is 5.38. The van der Waals surface area contributed by atoms with Crippen molar-refractivity contribution >= 4 is 23.5 Å². The van der Waals surface area contributed by atoms with Gasteiger partial charge in [0, 0.05) is 27.6 Å². The number of carbonyl (C=O) groups is 1. The molecule has 31 heavy (non-hydrogen) atoms. The molecular weight excluding hydrogens is 404 g/mol. The van der Waals surface area contributed by atoms with Crippen molar-refractivity contribution in [2.24, 2.45) is 5.10 Å². The number of thiophene rings is 1. The first-order valence-corrected chi connectivity index (χ1v) is 11.2. The van der Waals surface area contributed by atoms with Gasteiger partial charge in [0.2, 0.25) is 0 Å². The van der Waals surface area contributed by atoms with Crippen LogP contribution in [0.25, 0.3) is 11.3 Å². The maximum absolute atomic E-state index is 12.4. The predicted molar refractivity (Wildman–Crippen MR) is 127 cm³/mol. The molecule has 2 aromatic heterocycles. The van der Waals surface area contributed by atoms with Gasteiger partial charge in [0.1, 0.15) is 5.69 Å². The van der Waals surface area contributed by atoms with Gasteiger partial charge in [0.05, 0.1) is 18.3 Å². The SMILES string of the molecule is CCCc1cc(C(=O)NN=Cc2cn(Cc3ccccc3)nc2-c2ccccc2)cs1. The van der Waals surface area contributed by atoms with Gasteiger partial charge < -0.3 is 0 Å². The van der Waals surface area contributed by atoms with Crippen LogP contribution in [0, 0.1) is 0 Å². The van der Waals surface area contributed by atoms with E-state index in [1.807, 2.05) is 70.9 Å². The van der Waals surface area contributed by atoms with Crippen LogP contribution in [0.15, 0.2) is 83.4 Å². The lowest BCUT2D eigenvalue weighted by Crippen LogP contribution is -2.16. The number of amides is 1. The number of carbonyl (C=O) groups excluding carboxylic acids is 1. The second-order valence-electron chi connectivity index (χ2n) is 7.23. The van der Waals surface area contributed by atoms with E-state index >= 15 is 0 Å². The van der Waals surface area contributed by atoms with Crippen molar-refractivity contribution in [2.45, 2.75) is 26.3 Å². The fourth-order valence-corrected chi connectivity index (χ4v) is 4.28. The minimum absolute atomic E-state index is 0.201. The van der Waals surface area contributed by atoms with Gasteiger partial charge in [-0.2, -0.15) is 10.2 Å². The summed E-state index contributed by atoms with van der Waals surface area (Å²) in [6.07, 6.45) is 5.67. The highest BCUT2D eigenvalue weighted by atomic mass is 32.1. The Morgan fingerprint density at radius 2 is 1.87 bits per heavy atom. The Labute approximate surface area is 186 Å². The van der Waals surface area contributed by atoms with Crippen molar-refractivity contribution in [3.05, 3.63) is 99.9 Å². The summed E-state index contributed by atoms with van der Waals surface area (Å²) in [5, 5.41) is 10.9. The van der Waals surface area contributed by atoms with Crippen molar-refractivity contribution < 1.29 is 4.79 Å². The molecule has 2 aromatic carbocycles. The van der Waals surface area contributed by atoms with Gasteiger partial charge in [-0.1, -0.05) is 74.0 Å². The van der Waals surface area contributed by atoms with Crippen LogP contribution in [0.3, 0.4) is 0 Å². The molecule has 0 aliphatic heterocycles. The van der Waals surface area contributed by atoms with E-state index in [0.717, 1.165) is 29.7 Å². The Hall–Kier alpha value is -3.51. The van der Waals surface area contributed by atoms with Gasteiger partial charge in [0.15, 0.2) is 0 Å². The average Bonchev–Trinajstić information content (AvgIpc) is 3.43. The molecule has 0 bridgehead atoms. The third-order valence-electron chi connectivity index (χ3n) is 4.81. The molecule has 156 valence electrons. The molecule has 5 nitrogen and oxygen atoms in total. The van der Waals surface area contributed by atoms with Crippen LogP contribution in [-0.4, -0.2) is 21.9 Å². The maximum atomic E-state index is 12.4. The molecule has 4 rings (SSSR count). The Morgan fingerprint density at radius 1 is 1.13 bits per heavy atom. The van der Waals surface area contributed by atoms with Crippen molar-refractivity contribution in [1.29, 1.82) is 0 Å². The fourth-order valence-electron chi connectivity index (χ4n) is 3.31. The first-order chi connectivity index (χ1) is 15.2. The Balaban J connectivity index is 1.53. The largest absolute Gasteiger partial charge is 0.272 e. The van der Waals surface area contributed by atoms with E-state index < -0.39 is 0 Å². The molecule has 1 amide bonds. The molecule has 2 heterocycles. The minimum atomic E-state index is -0.201. The number of aromatic nitrogens is 2. The Bertz CT molecular complexity index is 1160. The lowest BCUT2D eigenvalue weighted by atomic mass is 10.1. The molecule has 0 unspecified atom stereocenters. The number of aryl methyl sites for hydroxylation is 1. The maximum Gasteiger partial charge on any atom is 0.272 e. The number of benzene rings is 2. The number of rotatable bonds is 8. The van der Waals surface area contributed by atoms with E-state index in [2.05, 4.69) is 29.6 Å². The molecule has 1 N–H and O–H groups in total. The van der Waals surface area contributed by atoms with Gasteiger partial charge in [-0.3, -0.25) is 9.48 Å². The molecule has 0 spiro atoms. The molecule has 6 heteroatoms. The van der Waals surface area contributed by atoms with Crippen LogP contribution in [0.1, 0.15) is 39.7 Å². The van der Waals surface area contributed by atoms with E-state index in [-0.39, 0.29) is 5.91 Å². The number of hydrogen-bond acceptors (Lipinski definition) is 4. The molecule has 0 saturated heterocycles. The van der Waals surface area contributed by atoms with E-state index in [4.69, 9.17) is 5.10 Å². The van der Waals surface area contributed by atoms with Crippen molar-refractivity contribution in [2.75, 3.05) is 0 Å². The van der Waals surface area contributed by atoms with Crippen molar-refractivity contribution in [3.63, 3.8) is 0 Å². The van der Waals surface area contributed by atoms with E-state index in [0.29, 0.717) is 12.1 Å². The highest BCUT2D eigenvalue weighted by Gasteiger charge is 2.11. The molecule has 0 radical (unpaired) electrons. The molecule has 0 aliphatic rings.